The van der Waals surface area contributed by atoms with Crippen LogP contribution in [0.1, 0.15) is 31.6 Å². The van der Waals surface area contributed by atoms with E-state index in [1.165, 1.54) is 0 Å². The maximum atomic E-state index is 10.9. The summed E-state index contributed by atoms with van der Waals surface area (Å²) in [5, 5.41) is 10.0. The van der Waals surface area contributed by atoms with Gasteiger partial charge in [-0.1, -0.05) is 32.0 Å². The highest BCUT2D eigenvalue weighted by molar-refractivity contribution is 5.82. The molecule has 2 rings (SSSR count). The molecule has 0 aliphatic rings. The Kier molecular flexibility index (Phi) is 3.16. The Balaban J connectivity index is 2.37. The molecule has 2 aromatic rings. The maximum Gasteiger partial charge on any atom is 0.303 e. The number of carbonyl (C=O) groups is 1. The quantitative estimate of drug-likeness (QED) is 0.893. The Morgan fingerprint density at radius 1 is 1.33 bits per heavy atom. The first-order chi connectivity index (χ1) is 8.39. The third kappa shape index (κ3) is 2.55. The lowest BCUT2D eigenvalue weighted by atomic mass is 9.82. The maximum absolute atomic E-state index is 10.9. The SMILES string of the molecule is Cc1oc2ccccc2c1CC(C)(C)CC(=O)O. The number of carboxylic acid groups (broad SMARTS) is 1. The van der Waals surface area contributed by atoms with E-state index in [9.17, 15) is 4.79 Å². The lowest BCUT2D eigenvalue weighted by Gasteiger charge is -2.22. The summed E-state index contributed by atoms with van der Waals surface area (Å²) in [4.78, 5) is 10.9. The molecule has 0 amide bonds. The summed E-state index contributed by atoms with van der Waals surface area (Å²) in [6, 6.07) is 7.89. The zero-order valence-corrected chi connectivity index (χ0v) is 11.0. The topological polar surface area (TPSA) is 50.4 Å². The number of hydrogen-bond acceptors (Lipinski definition) is 2. The lowest BCUT2D eigenvalue weighted by molar-refractivity contribution is -0.139. The van der Waals surface area contributed by atoms with Gasteiger partial charge < -0.3 is 9.52 Å². The van der Waals surface area contributed by atoms with E-state index < -0.39 is 5.97 Å². The van der Waals surface area contributed by atoms with Crippen molar-refractivity contribution in [1.82, 2.24) is 0 Å². The third-order valence-electron chi connectivity index (χ3n) is 3.19. The number of rotatable bonds is 4. The van der Waals surface area contributed by atoms with Gasteiger partial charge in [0.1, 0.15) is 11.3 Å². The molecular weight excluding hydrogens is 228 g/mol. The number of furan rings is 1. The van der Waals surface area contributed by atoms with Crippen molar-refractivity contribution in [3.63, 3.8) is 0 Å². The summed E-state index contributed by atoms with van der Waals surface area (Å²) in [5.41, 5.74) is 1.72. The van der Waals surface area contributed by atoms with Gasteiger partial charge in [-0.25, -0.2) is 0 Å². The minimum atomic E-state index is -0.759. The van der Waals surface area contributed by atoms with Crippen LogP contribution < -0.4 is 0 Å². The molecule has 0 aliphatic heterocycles. The van der Waals surface area contributed by atoms with E-state index in [1.807, 2.05) is 45.0 Å². The molecule has 0 aliphatic carbocycles. The zero-order chi connectivity index (χ0) is 13.3. The first-order valence-corrected chi connectivity index (χ1v) is 6.08. The Morgan fingerprint density at radius 2 is 2.00 bits per heavy atom. The van der Waals surface area contributed by atoms with E-state index in [0.717, 1.165) is 22.3 Å². The number of aryl methyl sites for hydroxylation is 1. The highest BCUT2D eigenvalue weighted by Gasteiger charge is 2.25. The van der Waals surface area contributed by atoms with Crippen molar-refractivity contribution in [2.45, 2.75) is 33.6 Å². The van der Waals surface area contributed by atoms with Crippen LogP contribution in [-0.4, -0.2) is 11.1 Å². The number of hydrogen-bond donors (Lipinski definition) is 1. The number of carboxylic acids is 1. The minimum absolute atomic E-state index is 0.159. The van der Waals surface area contributed by atoms with Crippen molar-refractivity contribution in [2.24, 2.45) is 5.41 Å². The smallest absolute Gasteiger partial charge is 0.303 e. The summed E-state index contributed by atoms with van der Waals surface area (Å²) in [6.07, 6.45) is 0.869. The Morgan fingerprint density at radius 3 is 2.67 bits per heavy atom. The second-order valence-electron chi connectivity index (χ2n) is 5.54. The Bertz CT molecular complexity index is 578. The summed E-state index contributed by atoms with van der Waals surface area (Å²) in [7, 11) is 0. The monoisotopic (exact) mass is 246 g/mol. The molecule has 1 heterocycles. The molecule has 18 heavy (non-hydrogen) atoms. The van der Waals surface area contributed by atoms with Crippen LogP contribution in [0.3, 0.4) is 0 Å². The second-order valence-corrected chi connectivity index (χ2v) is 5.54. The number of fused-ring (bicyclic) bond motifs is 1. The molecule has 3 nitrogen and oxygen atoms in total. The van der Waals surface area contributed by atoms with E-state index in [0.29, 0.717) is 6.42 Å². The van der Waals surface area contributed by atoms with Gasteiger partial charge >= 0.3 is 5.97 Å². The second kappa shape index (κ2) is 4.48. The average Bonchev–Trinajstić information content (AvgIpc) is 2.53. The van der Waals surface area contributed by atoms with Crippen LogP contribution in [0.15, 0.2) is 28.7 Å². The van der Waals surface area contributed by atoms with Crippen molar-refractivity contribution >= 4 is 16.9 Å². The van der Waals surface area contributed by atoms with E-state index in [2.05, 4.69) is 0 Å². The Labute approximate surface area is 106 Å². The zero-order valence-electron chi connectivity index (χ0n) is 11.0. The fourth-order valence-corrected chi connectivity index (χ4v) is 2.39. The molecule has 1 aromatic heterocycles. The molecule has 0 atom stereocenters. The van der Waals surface area contributed by atoms with Gasteiger partial charge in [0.2, 0.25) is 0 Å². The molecule has 0 fully saturated rings. The normalized spacial score (nSPS) is 11.9. The molecule has 1 aromatic carbocycles. The molecule has 0 saturated carbocycles. The van der Waals surface area contributed by atoms with Gasteiger partial charge in [-0.2, -0.15) is 0 Å². The van der Waals surface area contributed by atoms with Gasteiger partial charge in [0.25, 0.3) is 0 Å². The predicted molar refractivity (Wildman–Crippen MR) is 70.7 cm³/mol. The Hall–Kier alpha value is -1.77. The first kappa shape index (κ1) is 12.7. The fourth-order valence-electron chi connectivity index (χ4n) is 2.39. The van der Waals surface area contributed by atoms with Crippen molar-refractivity contribution in [1.29, 1.82) is 0 Å². The largest absolute Gasteiger partial charge is 0.481 e. The molecule has 0 bridgehead atoms. The highest BCUT2D eigenvalue weighted by atomic mass is 16.4. The van der Waals surface area contributed by atoms with Gasteiger partial charge in [0, 0.05) is 10.9 Å². The molecular formula is C15H18O3. The van der Waals surface area contributed by atoms with E-state index >= 15 is 0 Å². The average molecular weight is 246 g/mol. The van der Waals surface area contributed by atoms with Gasteiger partial charge in [-0.15, -0.1) is 0 Å². The van der Waals surface area contributed by atoms with Gasteiger partial charge in [-0.05, 0) is 24.8 Å². The van der Waals surface area contributed by atoms with Crippen LogP contribution >= 0.6 is 0 Å². The number of aliphatic carboxylic acids is 1. The fraction of sp³-hybridized carbons (Fsp3) is 0.400. The first-order valence-electron chi connectivity index (χ1n) is 6.08. The van der Waals surface area contributed by atoms with Crippen molar-refractivity contribution in [2.75, 3.05) is 0 Å². The van der Waals surface area contributed by atoms with Gasteiger partial charge in [0.15, 0.2) is 0 Å². The lowest BCUT2D eigenvalue weighted by Crippen LogP contribution is -2.19. The summed E-state index contributed by atoms with van der Waals surface area (Å²) < 4.78 is 5.70. The minimum Gasteiger partial charge on any atom is -0.481 e. The predicted octanol–water partition coefficient (Wildman–Crippen LogP) is 3.78. The molecule has 1 N–H and O–H groups in total. The van der Waals surface area contributed by atoms with Crippen LogP contribution in [0, 0.1) is 12.3 Å². The summed E-state index contributed by atoms with van der Waals surface area (Å²) in [5.74, 6) is 0.125. The van der Waals surface area contributed by atoms with Crippen LogP contribution in [0.25, 0.3) is 11.0 Å². The van der Waals surface area contributed by atoms with Crippen LogP contribution in [0.4, 0.5) is 0 Å². The highest BCUT2D eigenvalue weighted by Crippen LogP contribution is 2.33. The van der Waals surface area contributed by atoms with E-state index in [1.54, 1.807) is 0 Å². The van der Waals surface area contributed by atoms with Crippen LogP contribution in [0.5, 0.6) is 0 Å². The summed E-state index contributed by atoms with van der Waals surface area (Å²) in [6.45, 7) is 5.89. The standard InChI is InChI=1S/C15H18O3/c1-10-12(8-15(2,3)9-14(16)17)11-6-4-5-7-13(11)18-10/h4-7H,8-9H2,1-3H3,(H,16,17). The van der Waals surface area contributed by atoms with Crippen LogP contribution in [0.2, 0.25) is 0 Å². The van der Waals surface area contributed by atoms with Crippen molar-refractivity contribution in [3.05, 3.63) is 35.6 Å². The molecule has 0 unspecified atom stereocenters. The molecule has 3 heteroatoms. The molecule has 0 saturated heterocycles. The van der Waals surface area contributed by atoms with E-state index in [-0.39, 0.29) is 11.8 Å². The van der Waals surface area contributed by atoms with Crippen molar-refractivity contribution < 1.29 is 14.3 Å². The third-order valence-corrected chi connectivity index (χ3v) is 3.19. The molecule has 0 radical (unpaired) electrons. The molecule has 96 valence electrons. The van der Waals surface area contributed by atoms with Gasteiger partial charge in [0.05, 0.1) is 6.42 Å². The number of benzene rings is 1. The van der Waals surface area contributed by atoms with E-state index in [4.69, 9.17) is 9.52 Å². The molecule has 0 spiro atoms. The number of para-hydroxylation sites is 1. The van der Waals surface area contributed by atoms with Crippen molar-refractivity contribution in [3.8, 4) is 0 Å². The van der Waals surface area contributed by atoms with Crippen LogP contribution in [-0.2, 0) is 11.2 Å². The summed E-state index contributed by atoms with van der Waals surface area (Å²) >= 11 is 0. The van der Waals surface area contributed by atoms with Gasteiger partial charge in [-0.3, -0.25) is 4.79 Å².